The van der Waals surface area contributed by atoms with Crippen LogP contribution in [0.2, 0.25) is 0 Å². The van der Waals surface area contributed by atoms with Gasteiger partial charge in [0, 0.05) is 11.6 Å². The zero-order chi connectivity index (χ0) is 23.7. The second-order valence-corrected chi connectivity index (χ2v) is 9.13. The SMILES string of the molecule is CCOC(=O)c1ccc(-c2ccc(C=C3SC(=S)N(Cc4ccc5c(c4)OCO5)C3=O)o2)cc1. The second kappa shape index (κ2) is 9.36. The highest BCUT2D eigenvalue weighted by atomic mass is 32.2. The van der Waals surface area contributed by atoms with Crippen molar-refractivity contribution < 1.29 is 28.2 Å². The van der Waals surface area contributed by atoms with Crippen molar-refractivity contribution in [1.29, 1.82) is 0 Å². The zero-order valence-corrected chi connectivity index (χ0v) is 19.7. The van der Waals surface area contributed by atoms with E-state index in [1.807, 2.05) is 24.3 Å². The first-order valence-corrected chi connectivity index (χ1v) is 11.8. The summed E-state index contributed by atoms with van der Waals surface area (Å²) in [6.45, 7) is 2.63. The average molecular weight is 494 g/mol. The molecule has 2 aliphatic heterocycles. The number of esters is 1. The van der Waals surface area contributed by atoms with Gasteiger partial charge in [-0.3, -0.25) is 9.69 Å². The Morgan fingerprint density at radius 2 is 1.91 bits per heavy atom. The Bertz CT molecular complexity index is 1310. The van der Waals surface area contributed by atoms with E-state index in [0.717, 1.165) is 11.1 Å². The average Bonchev–Trinajstić information content (AvgIpc) is 3.56. The van der Waals surface area contributed by atoms with E-state index in [1.165, 1.54) is 11.8 Å². The molecule has 1 saturated heterocycles. The molecule has 0 saturated carbocycles. The van der Waals surface area contributed by atoms with Crippen molar-refractivity contribution >= 4 is 46.3 Å². The van der Waals surface area contributed by atoms with Crippen LogP contribution in [0, 0.1) is 0 Å². The van der Waals surface area contributed by atoms with Crippen molar-refractivity contribution in [1.82, 2.24) is 4.90 Å². The third kappa shape index (κ3) is 4.44. The van der Waals surface area contributed by atoms with Crippen LogP contribution >= 0.6 is 24.0 Å². The van der Waals surface area contributed by atoms with Crippen LogP contribution < -0.4 is 9.47 Å². The molecule has 1 aromatic heterocycles. The number of nitrogens with zero attached hydrogens (tertiary/aromatic N) is 1. The van der Waals surface area contributed by atoms with Crippen LogP contribution in [0.4, 0.5) is 0 Å². The molecule has 0 spiro atoms. The highest BCUT2D eigenvalue weighted by Crippen LogP contribution is 2.37. The molecule has 34 heavy (non-hydrogen) atoms. The minimum Gasteiger partial charge on any atom is -0.462 e. The first-order chi connectivity index (χ1) is 16.5. The van der Waals surface area contributed by atoms with Crippen LogP contribution in [0.5, 0.6) is 11.5 Å². The first kappa shape index (κ1) is 22.2. The molecule has 1 fully saturated rings. The number of thioether (sulfide) groups is 1. The lowest BCUT2D eigenvalue weighted by Crippen LogP contribution is -2.27. The predicted octanol–water partition coefficient (Wildman–Crippen LogP) is 5.25. The Labute approximate surface area is 205 Å². The minimum atomic E-state index is -0.364. The molecule has 172 valence electrons. The number of hydrogen-bond donors (Lipinski definition) is 0. The van der Waals surface area contributed by atoms with Gasteiger partial charge in [0.05, 0.1) is 23.6 Å². The standard InChI is InChI=1S/C25H19NO6S2/c1-2-29-24(28)17-6-4-16(5-7-17)19-10-8-18(32-19)12-22-23(27)26(25(33)34-22)13-15-3-9-20-21(11-15)31-14-30-20/h3-12H,2,13-14H2,1H3. The molecule has 3 heterocycles. The minimum absolute atomic E-state index is 0.176. The molecule has 0 atom stereocenters. The van der Waals surface area contributed by atoms with Gasteiger partial charge in [0.2, 0.25) is 6.79 Å². The Hall–Kier alpha value is -3.56. The van der Waals surface area contributed by atoms with Gasteiger partial charge in [0.1, 0.15) is 15.8 Å². The fourth-order valence-electron chi connectivity index (χ4n) is 3.56. The van der Waals surface area contributed by atoms with E-state index in [-0.39, 0.29) is 18.7 Å². The number of fused-ring (bicyclic) bond motifs is 1. The van der Waals surface area contributed by atoms with Crippen molar-refractivity contribution in [3.63, 3.8) is 0 Å². The van der Waals surface area contributed by atoms with E-state index < -0.39 is 0 Å². The zero-order valence-electron chi connectivity index (χ0n) is 18.1. The first-order valence-electron chi connectivity index (χ1n) is 10.5. The lowest BCUT2D eigenvalue weighted by Gasteiger charge is -2.14. The fourth-order valence-corrected chi connectivity index (χ4v) is 4.79. The fraction of sp³-hybridized carbons (Fsp3) is 0.160. The molecule has 5 rings (SSSR count). The molecular weight excluding hydrogens is 474 g/mol. The molecular formula is C25H19NO6S2. The largest absolute Gasteiger partial charge is 0.462 e. The van der Waals surface area contributed by atoms with E-state index in [9.17, 15) is 9.59 Å². The summed E-state index contributed by atoms with van der Waals surface area (Å²) in [6, 6.07) is 16.2. The quantitative estimate of drug-likeness (QED) is 0.262. The van der Waals surface area contributed by atoms with Crippen molar-refractivity contribution in [2.45, 2.75) is 13.5 Å². The van der Waals surface area contributed by atoms with Crippen LogP contribution in [0.25, 0.3) is 17.4 Å². The molecule has 0 bridgehead atoms. The highest BCUT2D eigenvalue weighted by Gasteiger charge is 2.32. The number of ether oxygens (including phenoxy) is 3. The van der Waals surface area contributed by atoms with E-state index in [0.29, 0.717) is 51.0 Å². The van der Waals surface area contributed by atoms with Gasteiger partial charge in [-0.05, 0) is 48.9 Å². The van der Waals surface area contributed by atoms with Crippen LogP contribution in [0.15, 0.2) is 63.9 Å². The van der Waals surface area contributed by atoms with E-state index in [4.69, 9.17) is 30.8 Å². The van der Waals surface area contributed by atoms with Gasteiger partial charge in [-0.2, -0.15) is 0 Å². The third-order valence-corrected chi connectivity index (χ3v) is 6.61. The number of amides is 1. The molecule has 3 aromatic rings. The number of benzene rings is 2. The number of carbonyl (C=O) groups excluding carboxylic acids is 2. The Balaban J connectivity index is 1.29. The van der Waals surface area contributed by atoms with Crippen LogP contribution in [0.1, 0.15) is 28.6 Å². The maximum Gasteiger partial charge on any atom is 0.338 e. The molecule has 7 nitrogen and oxygen atoms in total. The Kier molecular flexibility index (Phi) is 6.12. The van der Waals surface area contributed by atoms with Crippen LogP contribution in [0.3, 0.4) is 0 Å². The van der Waals surface area contributed by atoms with Crippen LogP contribution in [-0.4, -0.2) is 34.5 Å². The number of furan rings is 1. The van der Waals surface area contributed by atoms with Crippen molar-refractivity contribution in [3.8, 4) is 22.8 Å². The summed E-state index contributed by atoms with van der Waals surface area (Å²) in [7, 11) is 0. The number of carbonyl (C=O) groups is 2. The second-order valence-electron chi connectivity index (χ2n) is 7.46. The van der Waals surface area contributed by atoms with Crippen molar-refractivity contribution in [2.75, 3.05) is 13.4 Å². The predicted molar refractivity (Wildman–Crippen MR) is 131 cm³/mol. The highest BCUT2D eigenvalue weighted by molar-refractivity contribution is 8.26. The normalized spacial score (nSPS) is 15.9. The lowest BCUT2D eigenvalue weighted by atomic mass is 10.1. The van der Waals surface area contributed by atoms with E-state index in [2.05, 4.69) is 0 Å². The summed E-state index contributed by atoms with van der Waals surface area (Å²) in [5, 5.41) is 0. The summed E-state index contributed by atoms with van der Waals surface area (Å²) in [6.07, 6.45) is 1.69. The lowest BCUT2D eigenvalue weighted by molar-refractivity contribution is -0.122. The molecule has 2 aromatic carbocycles. The number of hydrogen-bond acceptors (Lipinski definition) is 8. The monoisotopic (exact) mass is 493 g/mol. The summed E-state index contributed by atoms with van der Waals surface area (Å²) in [5.41, 5.74) is 2.18. The summed E-state index contributed by atoms with van der Waals surface area (Å²) >= 11 is 6.68. The van der Waals surface area contributed by atoms with Gasteiger partial charge in [-0.15, -0.1) is 0 Å². The number of rotatable bonds is 6. The van der Waals surface area contributed by atoms with Gasteiger partial charge in [0.25, 0.3) is 5.91 Å². The molecule has 9 heteroatoms. The summed E-state index contributed by atoms with van der Waals surface area (Å²) < 4.78 is 22.2. The molecule has 0 unspecified atom stereocenters. The molecule has 0 N–H and O–H groups in total. The maximum absolute atomic E-state index is 13.0. The van der Waals surface area contributed by atoms with Crippen LogP contribution in [-0.2, 0) is 16.1 Å². The molecule has 2 aliphatic rings. The molecule has 0 radical (unpaired) electrons. The molecule has 0 aliphatic carbocycles. The number of thiocarbonyl (C=S) groups is 1. The van der Waals surface area contributed by atoms with Crippen molar-refractivity contribution in [3.05, 3.63) is 76.4 Å². The third-order valence-electron chi connectivity index (χ3n) is 5.23. The van der Waals surface area contributed by atoms with Gasteiger partial charge in [0.15, 0.2) is 11.5 Å². The molecule has 1 amide bonds. The topological polar surface area (TPSA) is 78.2 Å². The van der Waals surface area contributed by atoms with Gasteiger partial charge in [-0.25, -0.2) is 4.79 Å². The van der Waals surface area contributed by atoms with Gasteiger partial charge < -0.3 is 18.6 Å². The smallest absolute Gasteiger partial charge is 0.338 e. The Morgan fingerprint density at radius 1 is 1.12 bits per heavy atom. The van der Waals surface area contributed by atoms with E-state index in [1.54, 1.807) is 48.2 Å². The van der Waals surface area contributed by atoms with E-state index >= 15 is 0 Å². The summed E-state index contributed by atoms with van der Waals surface area (Å²) in [4.78, 5) is 26.9. The van der Waals surface area contributed by atoms with Crippen molar-refractivity contribution in [2.24, 2.45) is 0 Å². The van der Waals surface area contributed by atoms with Gasteiger partial charge >= 0.3 is 5.97 Å². The van der Waals surface area contributed by atoms with Gasteiger partial charge in [-0.1, -0.05) is 42.2 Å². The maximum atomic E-state index is 13.0. The Morgan fingerprint density at radius 3 is 2.71 bits per heavy atom. The summed E-state index contributed by atoms with van der Waals surface area (Å²) in [5.74, 6) is 1.97.